The van der Waals surface area contributed by atoms with Crippen LogP contribution in [0.3, 0.4) is 0 Å². The van der Waals surface area contributed by atoms with Crippen molar-refractivity contribution in [1.29, 1.82) is 0 Å². The van der Waals surface area contributed by atoms with Crippen molar-refractivity contribution >= 4 is 23.6 Å². The van der Waals surface area contributed by atoms with Crippen LogP contribution in [0.2, 0.25) is 0 Å². The second-order valence-corrected chi connectivity index (χ2v) is 4.78. The molecule has 24 heavy (non-hydrogen) atoms. The lowest BCUT2D eigenvalue weighted by molar-refractivity contribution is -0.142. The number of amides is 1. The summed E-state index contributed by atoms with van der Waals surface area (Å²) in [6, 6.07) is 12.5. The zero-order valence-electron chi connectivity index (χ0n) is 13.0. The summed E-state index contributed by atoms with van der Waals surface area (Å²) in [6.07, 6.45) is 2.76. The van der Waals surface area contributed by atoms with E-state index in [9.17, 15) is 14.0 Å². The summed E-state index contributed by atoms with van der Waals surface area (Å²) in [7, 11) is 1.55. The fourth-order valence-electron chi connectivity index (χ4n) is 1.86. The lowest BCUT2D eigenvalue weighted by Gasteiger charge is -2.05. The zero-order valence-corrected chi connectivity index (χ0v) is 13.0. The Morgan fingerprint density at radius 3 is 2.71 bits per heavy atom. The van der Waals surface area contributed by atoms with Gasteiger partial charge < -0.3 is 14.8 Å². The van der Waals surface area contributed by atoms with E-state index >= 15 is 0 Å². The van der Waals surface area contributed by atoms with Crippen LogP contribution in [0.4, 0.5) is 10.1 Å². The van der Waals surface area contributed by atoms with Crippen molar-refractivity contribution in [1.82, 2.24) is 0 Å². The van der Waals surface area contributed by atoms with E-state index in [2.05, 4.69) is 5.32 Å². The molecule has 2 aromatic carbocycles. The highest BCUT2D eigenvalue weighted by molar-refractivity contribution is 5.94. The third kappa shape index (κ3) is 5.57. The molecule has 0 atom stereocenters. The molecule has 124 valence electrons. The second kappa shape index (κ2) is 8.47. The van der Waals surface area contributed by atoms with E-state index in [1.807, 2.05) is 0 Å². The molecule has 0 aliphatic heterocycles. The first-order valence-electron chi connectivity index (χ1n) is 7.11. The Kier molecular flexibility index (Phi) is 6.08. The number of carbonyl (C=O) groups excluding carboxylic acids is 2. The number of anilines is 1. The Morgan fingerprint density at radius 1 is 1.17 bits per heavy atom. The third-order valence-electron chi connectivity index (χ3n) is 2.96. The van der Waals surface area contributed by atoms with Crippen LogP contribution in [0.1, 0.15) is 5.56 Å². The maximum Gasteiger partial charge on any atom is 0.331 e. The van der Waals surface area contributed by atoms with Crippen LogP contribution in [-0.2, 0) is 14.3 Å². The molecule has 0 saturated carbocycles. The van der Waals surface area contributed by atoms with Gasteiger partial charge in [0, 0.05) is 11.8 Å². The Hall–Kier alpha value is -3.15. The number of benzene rings is 2. The molecule has 0 aliphatic rings. The van der Waals surface area contributed by atoms with Crippen molar-refractivity contribution in [2.45, 2.75) is 0 Å². The summed E-state index contributed by atoms with van der Waals surface area (Å²) >= 11 is 0. The third-order valence-corrected chi connectivity index (χ3v) is 2.96. The van der Waals surface area contributed by atoms with E-state index < -0.39 is 24.3 Å². The number of ether oxygens (including phenoxy) is 2. The van der Waals surface area contributed by atoms with Crippen LogP contribution in [0.5, 0.6) is 5.75 Å². The highest BCUT2D eigenvalue weighted by Crippen LogP contribution is 2.13. The van der Waals surface area contributed by atoms with Crippen molar-refractivity contribution < 1.29 is 23.5 Å². The highest BCUT2D eigenvalue weighted by Gasteiger charge is 2.06. The molecular weight excluding hydrogens is 313 g/mol. The lowest BCUT2D eigenvalue weighted by atomic mass is 10.2. The first-order chi connectivity index (χ1) is 11.6. The van der Waals surface area contributed by atoms with Crippen molar-refractivity contribution in [3.63, 3.8) is 0 Å². The van der Waals surface area contributed by atoms with Crippen LogP contribution in [0, 0.1) is 5.82 Å². The van der Waals surface area contributed by atoms with Gasteiger partial charge in [-0.3, -0.25) is 4.79 Å². The molecule has 0 fully saturated rings. The number of halogens is 1. The van der Waals surface area contributed by atoms with Crippen molar-refractivity contribution in [3.05, 3.63) is 66.0 Å². The van der Waals surface area contributed by atoms with Gasteiger partial charge in [-0.1, -0.05) is 18.2 Å². The van der Waals surface area contributed by atoms with Crippen LogP contribution in [-0.4, -0.2) is 25.6 Å². The lowest BCUT2D eigenvalue weighted by Crippen LogP contribution is -2.20. The summed E-state index contributed by atoms with van der Waals surface area (Å²) < 4.78 is 22.9. The molecule has 0 radical (unpaired) electrons. The van der Waals surface area contributed by atoms with Crippen LogP contribution in [0.25, 0.3) is 6.08 Å². The monoisotopic (exact) mass is 329 g/mol. The molecule has 2 rings (SSSR count). The standard InChI is InChI=1S/C18H16FNO4/c1-23-16-7-2-4-13(10-16)8-9-18(22)24-12-17(21)20-15-6-3-5-14(19)11-15/h2-11H,12H2,1H3,(H,20,21)/b9-8+. The second-order valence-electron chi connectivity index (χ2n) is 4.78. The van der Waals surface area contributed by atoms with E-state index in [1.54, 1.807) is 37.5 Å². The molecule has 0 aliphatic carbocycles. The van der Waals surface area contributed by atoms with Gasteiger partial charge in [0.05, 0.1) is 7.11 Å². The summed E-state index contributed by atoms with van der Waals surface area (Å²) in [5.41, 5.74) is 1.05. The minimum Gasteiger partial charge on any atom is -0.497 e. The van der Waals surface area contributed by atoms with Crippen LogP contribution < -0.4 is 10.1 Å². The molecule has 0 aromatic heterocycles. The Morgan fingerprint density at radius 2 is 1.96 bits per heavy atom. The van der Waals surface area contributed by atoms with Gasteiger partial charge >= 0.3 is 5.97 Å². The van der Waals surface area contributed by atoms with Gasteiger partial charge in [-0.2, -0.15) is 0 Å². The van der Waals surface area contributed by atoms with E-state index in [-0.39, 0.29) is 0 Å². The molecule has 5 nitrogen and oxygen atoms in total. The predicted molar refractivity (Wildman–Crippen MR) is 88.0 cm³/mol. The average Bonchev–Trinajstić information content (AvgIpc) is 2.58. The van der Waals surface area contributed by atoms with Crippen molar-refractivity contribution in [3.8, 4) is 5.75 Å². The van der Waals surface area contributed by atoms with Gasteiger partial charge in [-0.05, 0) is 42.0 Å². The Bertz CT molecular complexity index is 758. The normalized spacial score (nSPS) is 10.4. The fraction of sp³-hybridized carbons (Fsp3) is 0.111. The van der Waals surface area contributed by atoms with Crippen molar-refractivity contribution in [2.24, 2.45) is 0 Å². The maximum absolute atomic E-state index is 13.0. The SMILES string of the molecule is COc1cccc(/C=C/C(=O)OCC(=O)Nc2cccc(F)c2)c1. The van der Waals surface area contributed by atoms with Gasteiger partial charge in [0.15, 0.2) is 6.61 Å². The number of rotatable bonds is 6. The number of methoxy groups -OCH3 is 1. The number of nitrogens with one attached hydrogen (secondary N) is 1. The smallest absolute Gasteiger partial charge is 0.331 e. The number of carbonyl (C=O) groups is 2. The largest absolute Gasteiger partial charge is 0.497 e. The number of esters is 1. The number of hydrogen-bond donors (Lipinski definition) is 1. The predicted octanol–water partition coefficient (Wildman–Crippen LogP) is 3.03. The molecule has 6 heteroatoms. The molecule has 0 saturated heterocycles. The topological polar surface area (TPSA) is 64.6 Å². The molecule has 0 bridgehead atoms. The molecule has 0 unspecified atom stereocenters. The van der Waals surface area contributed by atoms with Crippen molar-refractivity contribution in [2.75, 3.05) is 19.0 Å². The highest BCUT2D eigenvalue weighted by atomic mass is 19.1. The first-order valence-corrected chi connectivity index (χ1v) is 7.11. The van der Waals surface area contributed by atoms with E-state index in [4.69, 9.17) is 9.47 Å². The average molecular weight is 329 g/mol. The summed E-state index contributed by atoms with van der Waals surface area (Å²) in [5, 5.41) is 2.43. The minimum atomic E-state index is -0.660. The number of hydrogen-bond acceptors (Lipinski definition) is 4. The van der Waals surface area contributed by atoms with Gasteiger partial charge in [0.2, 0.25) is 0 Å². The Labute approximate surface area is 138 Å². The van der Waals surface area contributed by atoms with Gasteiger partial charge in [0.1, 0.15) is 11.6 Å². The van der Waals surface area contributed by atoms with Gasteiger partial charge in [-0.25, -0.2) is 9.18 Å². The Balaban J connectivity index is 1.81. The van der Waals surface area contributed by atoms with E-state index in [1.165, 1.54) is 30.3 Å². The van der Waals surface area contributed by atoms with Gasteiger partial charge in [-0.15, -0.1) is 0 Å². The molecule has 0 heterocycles. The summed E-state index contributed by atoms with van der Waals surface area (Å²) in [6.45, 7) is -0.461. The van der Waals surface area contributed by atoms with Gasteiger partial charge in [0.25, 0.3) is 5.91 Å². The van der Waals surface area contributed by atoms with E-state index in [0.717, 1.165) is 5.56 Å². The van der Waals surface area contributed by atoms with E-state index in [0.29, 0.717) is 11.4 Å². The maximum atomic E-state index is 13.0. The van der Waals surface area contributed by atoms with Crippen LogP contribution >= 0.6 is 0 Å². The summed E-state index contributed by atoms with van der Waals surface area (Å²) in [5.74, 6) is -1.01. The molecule has 1 amide bonds. The quantitative estimate of drug-likeness (QED) is 0.653. The van der Waals surface area contributed by atoms with Crippen LogP contribution in [0.15, 0.2) is 54.6 Å². The summed E-state index contributed by atoms with van der Waals surface area (Å²) in [4.78, 5) is 23.2. The molecular formula is C18H16FNO4. The molecule has 0 spiro atoms. The minimum absolute atomic E-state index is 0.294. The fourth-order valence-corrected chi connectivity index (χ4v) is 1.86. The first kappa shape index (κ1) is 17.2. The zero-order chi connectivity index (χ0) is 17.4. The molecule has 2 aromatic rings. The molecule has 1 N–H and O–H groups in total.